The van der Waals surface area contributed by atoms with Gasteiger partial charge >= 0.3 is 0 Å². The van der Waals surface area contributed by atoms with Crippen molar-refractivity contribution < 1.29 is 0 Å². The summed E-state index contributed by atoms with van der Waals surface area (Å²) >= 11 is 0. The van der Waals surface area contributed by atoms with E-state index in [1.54, 1.807) is 0 Å². The summed E-state index contributed by atoms with van der Waals surface area (Å²) < 4.78 is 2.43. The summed E-state index contributed by atoms with van der Waals surface area (Å²) in [5, 5.41) is 4.80. The Bertz CT molecular complexity index is 2750. The smallest absolute Gasteiger partial charge is 0.164 e. The maximum atomic E-state index is 5.26. The standard InChI is InChI=1S/C45H28N4/c1-4-15-29(16-5-1)32-21-14-22-33(27-32)40-37(45-47-43(30-17-6-2-7-18-30)46-44(48-45)31-19-8-3-9-20-31)28-36-34-23-10-12-25-38(34)49-39-26-13-11-24-35(39)41(40)42(36)49/h1-28H. The van der Waals surface area contributed by atoms with Crippen LogP contribution in [0.4, 0.5) is 0 Å². The number of rotatable bonds is 5. The van der Waals surface area contributed by atoms with Gasteiger partial charge in [0, 0.05) is 43.8 Å². The lowest BCUT2D eigenvalue weighted by molar-refractivity contribution is 1.08. The summed E-state index contributed by atoms with van der Waals surface area (Å²) in [6.45, 7) is 0. The Hall–Kier alpha value is -6.65. The van der Waals surface area contributed by atoms with E-state index in [4.69, 9.17) is 15.0 Å². The highest BCUT2D eigenvalue weighted by Crippen LogP contribution is 2.48. The first-order chi connectivity index (χ1) is 24.3. The Kier molecular flexibility index (Phi) is 6.15. The molecule has 0 N–H and O–H groups in total. The Morgan fingerprint density at radius 1 is 0.347 bits per heavy atom. The third-order valence-corrected chi connectivity index (χ3v) is 9.57. The molecular formula is C45H28N4. The molecule has 0 fully saturated rings. The topological polar surface area (TPSA) is 43.1 Å². The van der Waals surface area contributed by atoms with E-state index in [2.05, 4.69) is 138 Å². The molecule has 0 aliphatic carbocycles. The number of hydrogen-bond donors (Lipinski definition) is 0. The van der Waals surface area contributed by atoms with E-state index in [0.717, 1.165) is 33.4 Å². The molecule has 3 heterocycles. The molecule has 0 aliphatic rings. The number of para-hydroxylation sites is 2. The second-order valence-electron chi connectivity index (χ2n) is 12.4. The van der Waals surface area contributed by atoms with Crippen molar-refractivity contribution in [3.05, 3.63) is 170 Å². The van der Waals surface area contributed by atoms with Crippen LogP contribution in [-0.2, 0) is 0 Å². The normalized spacial score (nSPS) is 11.7. The second-order valence-corrected chi connectivity index (χ2v) is 12.4. The van der Waals surface area contributed by atoms with E-state index in [-0.39, 0.29) is 0 Å². The quantitative estimate of drug-likeness (QED) is 0.191. The van der Waals surface area contributed by atoms with Gasteiger partial charge in [0.25, 0.3) is 0 Å². The van der Waals surface area contributed by atoms with Crippen LogP contribution in [0.2, 0.25) is 0 Å². The Labute approximate surface area is 283 Å². The van der Waals surface area contributed by atoms with E-state index in [0.29, 0.717) is 17.5 Å². The third kappa shape index (κ3) is 4.35. The number of fused-ring (bicyclic) bond motifs is 6. The zero-order valence-electron chi connectivity index (χ0n) is 26.5. The molecule has 4 heteroatoms. The first-order valence-electron chi connectivity index (χ1n) is 16.5. The van der Waals surface area contributed by atoms with Gasteiger partial charge in [-0.2, -0.15) is 0 Å². The molecule has 49 heavy (non-hydrogen) atoms. The Morgan fingerprint density at radius 2 is 0.837 bits per heavy atom. The van der Waals surface area contributed by atoms with E-state index in [1.165, 1.54) is 43.7 Å². The minimum absolute atomic E-state index is 0.646. The van der Waals surface area contributed by atoms with Gasteiger partial charge in [-0.15, -0.1) is 0 Å². The first kappa shape index (κ1) is 27.5. The minimum atomic E-state index is 0.646. The van der Waals surface area contributed by atoms with Gasteiger partial charge in [-0.1, -0.05) is 146 Å². The maximum absolute atomic E-state index is 5.26. The predicted molar refractivity (Wildman–Crippen MR) is 202 cm³/mol. The SMILES string of the molecule is c1ccc(-c2cccc(-c3c(-c4nc(-c5ccccc5)nc(-c5ccccc5)n4)cc4c5ccccc5n5c6ccccc6c3c45)c2)cc1. The molecule has 4 nitrogen and oxygen atoms in total. The molecule has 10 aromatic rings. The largest absolute Gasteiger partial charge is 0.308 e. The molecule has 0 radical (unpaired) electrons. The van der Waals surface area contributed by atoms with E-state index < -0.39 is 0 Å². The fraction of sp³-hybridized carbons (Fsp3) is 0. The summed E-state index contributed by atoms with van der Waals surface area (Å²) in [6, 6.07) is 59.6. The molecule has 0 bridgehead atoms. The molecule has 10 rings (SSSR count). The van der Waals surface area contributed by atoms with Crippen molar-refractivity contribution in [1.82, 2.24) is 19.4 Å². The van der Waals surface area contributed by atoms with Crippen LogP contribution in [0.3, 0.4) is 0 Å². The van der Waals surface area contributed by atoms with Gasteiger partial charge in [0.05, 0.1) is 16.6 Å². The van der Waals surface area contributed by atoms with Crippen LogP contribution in [0.1, 0.15) is 0 Å². The van der Waals surface area contributed by atoms with Gasteiger partial charge in [-0.05, 0) is 41.0 Å². The highest BCUT2D eigenvalue weighted by molar-refractivity contribution is 6.29. The summed E-state index contributed by atoms with van der Waals surface area (Å²) in [5.41, 5.74) is 11.0. The molecule has 3 aromatic heterocycles. The van der Waals surface area contributed by atoms with Gasteiger partial charge in [-0.25, -0.2) is 15.0 Å². The lowest BCUT2D eigenvalue weighted by Crippen LogP contribution is -2.01. The summed E-state index contributed by atoms with van der Waals surface area (Å²) in [7, 11) is 0. The average molecular weight is 625 g/mol. The Balaban J connectivity index is 1.37. The minimum Gasteiger partial charge on any atom is -0.308 e. The van der Waals surface area contributed by atoms with Gasteiger partial charge in [-0.3, -0.25) is 0 Å². The van der Waals surface area contributed by atoms with Crippen molar-refractivity contribution in [2.75, 3.05) is 0 Å². The molecule has 0 aliphatic heterocycles. The molecular weight excluding hydrogens is 597 g/mol. The highest BCUT2D eigenvalue weighted by Gasteiger charge is 2.25. The van der Waals surface area contributed by atoms with Crippen LogP contribution in [0, 0.1) is 0 Å². The van der Waals surface area contributed by atoms with Crippen LogP contribution in [-0.4, -0.2) is 19.4 Å². The molecule has 0 atom stereocenters. The number of hydrogen-bond acceptors (Lipinski definition) is 3. The van der Waals surface area contributed by atoms with E-state index in [9.17, 15) is 0 Å². The van der Waals surface area contributed by atoms with Gasteiger partial charge in [0.1, 0.15) is 0 Å². The molecule has 0 spiro atoms. The lowest BCUT2D eigenvalue weighted by atomic mass is 9.90. The summed E-state index contributed by atoms with van der Waals surface area (Å²) in [6.07, 6.45) is 0. The number of aromatic nitrogens is 4. The maximum Gasteiger partial charge on any atom is 0.164 e. The highest BCUT2D eigenvalue weighted by atomic mass is 15.0. The van der Waals surface area contributed by atoms with Gasteiger partial charge in [0.2, 0.25) is 0 Å². The van der Waals surface area contributed by atoms with E-state index in [1.807, 2.05) is 36.4 Å². The first-order valence-corrected chi connectivity index (χ1v) is 16.5. The van der Waals surface area contributed by atoms with Crippen molar-refractivity contribution in [1.29, 1.82) is 0 Å². The molecule has 0 saturated heterocycles. The van der Waals surface area contributed by atoms with Crippen molar-refractivity contribution in [3.63, 3.8) is 0 Å². The lowest BCUT2D eigenvalue weighted by Gasteiger charge is -2.15. The van der Waals surface area contributed by atoms with Gasteiger partial charge in [0.15, 0.2) is 17.5 Å². The molecule has 0 amide bonds. The second kappa shape index (κ2) is 11.0. The number of benzene rings is 7. The van der Waals surface area contributed by atoms with Crippen LogP contribution in [0.15, 0.2) is 170 Å². The third-order valence-electron chi connectivity index (χ3n) is 9.57. The molecule has 228 valence electrons. The summed E-state index contributed by atoms with van der Waals surface area (Å²) in [5.74, 6) is 1.94. The average Bonchev–Trinajstić information content (AvgIpc) is 3.71. The zero-order valence-corrected chi connectivity index (χ0v) is 26.5. The van der Waals surface area contributed by atoms with Crippen molar-refractivity contribution in [2.45, 2.75) is 0 Å². The Morgan fingerprint density at radius 3 is 1.49 bits per heavy atom. The molecule has 7 aromatic carbocycles. The van der Waals surface area contributed by atoms with E-state index >= 15 is 0 Å². The van der Waals surface area contributed by atoms with Crippen molar-refractivity contribution >= 4 is 38.1 Å². The number of nitrogens with zero attached hydrogens (tertiary/aromatic N) is 4. The van der Waals surface area contributed by atoms with Crippen LogP contribution < -0.4 is 0 Å². The predicted octanol–water partition coefficient (Wildman–Crippen LogP) is 11.4. The fourth-order valence-electron chi connectivity index (χ4n) is 7.41. The van der Waals surface area contributed by atoms with Crippen molar-refractivity contribution in [2.24, 2.45) is 0 Å². The summed E-state index contributed by atoms with van der Waals surface area (Å²) in [4.78, 5) is 15.5. The van der Waals surface area contributed by atoms with Crippen LogP contribution >= 0.6 is 0 Å². The molecule has 0 saturated carbocycles. The monoisotopic (exact) mass is 624 g/mol. The van der Waals surface area contributed by atoms with Crippen LogP contribution in [0.25, 0.3) is 94.5 Å². The molecule has 0 unspecified atom stereocenters. The van der Waals surface area contributed by atoms with Crippen molar-refractivity contribution in [3.8, 4) is 56.4 Å². The van der Waals surface area contributed by atoms with Gasteiger partial charge < -0.3 is 4.40 Å². The fourth-order valence-corrected chi connectivity index (χ4v) is 7.41. The van der Waals surface area contributed by atoms with Crippen LogP contribution in [0.5, 0.6) is 0 Å². The zero-order chi connectivity index (χ0) is 32.3.